The predicted octanol–water partition coefficient (Wildman–Crippen LogP) is 2.21. The topological polar surface area (TPSA) is 23.5 Å². The van der Waals surface area contributed by atoms with Crippen LogP contribution in [0.4, 0.5) is 8.78 Å². The van der Waals surface area contributed by atoms with Crippen molar-refractivity contribution >= 4 is 15.9 Å². The first-order valence-electron chi connectivity index (χ1n) is 4.90. The molecule has 0 radical (unpaired) electrons. The first-order chi connectivity index (χ1) is 6.39. The van der Waals surface area contributed by atoms with Crippen molar-refractivity contribution < 1.29 is 13.9 Å². The van der Waals surface area contributed by atoms with Crippen LogP contribution in [0.1, 0.15) is 26.2 Å². The van der Waals surface area contributed by atoms with E-state index >= 15 is 0 Å². The van der Waals surface area contributed by atoms with Crippen LogP contribution in [0.3, 0.4) is 0 Å². The zero-order valence-corrected chi connectivity index (χ0v) is 9.86. The van der Waals surface area contributed by atoms with Gasteiger partial charge in [-0.15, -0.1) is 0 Å². The average Bonchev–Trinajstić information content (AvgIpc) is 2.27. The van der Waals surface area contributed by atoms with Gasteiger partial charge in [0, 0.05) is 6.54 Å². The number of hydrogen-bond donors (Lipinski definition) is 1. The molecule has 0 aromatic carbocycles. The lowest BCUT2D eigenvalue weighted by atomic mass is 9.95. The van der Waals surface area contributed by atoms with Crippen molar-refractivity contribution in [3.63, 3.8) is 0 Å². The smallest absolute Gasteiger partial charge is 0.329 e. The molecule has 2 nitrogen and oxygen atoms in total. The van der Waals surface area contributed by atoms with E-state index in [-0.39, 0.29) is 12.8 Å². The highest BCUT2D eigenvalue weighted by Crippen LogP contribution is 2.41. The summed E-state index contributed by atoms with van der Waals surface area (Å²) in [4.78, 5) is -1.10. The van der Waals surface area contributed by atoms with Crippen molar-refractivity contribution in [2.75, 3.05) is 19.6 Å². The number of hydrogen-bond acceptors (Lipinski definition) is 2. The van der Waals surface area contributed by atoms with Gasteiger partial charge in [0.25, 0.3) is 0 Å². The lowest BCUT2D eigenvalue weighted by Gasteiger charge is -2.31. The molecule has 1 atom stereocenters. The normalized spacial score (nSPS) is 31.5. The number of rotatable bonds is 2. The van der Waals surface area contributed by atoms with Crippen molar-refractivity contribution in [2.45, 2.75) is 36.6 Å². The minimum absolute atomic E-state index is 0.124. The Kier molecular flexibility index (Phi) is 3.88. The number of aliphatic hydroxyl groups is 1. The van der Waals surface area contributed by atoms with Gasteiger partial charge in [0.2, 0.25) is 0 Å². The molecule has 1 saturated heterocycles. The van der Waals surface area contributed by atoms with Gasteiger partial charge < -0.3 is 10.0 Å². The van der Waals surface area contributed by atoms with Crippen molar-refractivity contribution in [1.82, 2.24) is 4.90 Å². The third-order valence-corrected chi connectivity index (χ3v) is 3.62. The molecule has 1 heterocycles. The van der Waals surface area contributed by atoms with Crippen LogP contribution in [0, 0.1) is 0 Å². The fourth-order valence-electron chi connectivity index (χ4n) is 1.77. The summed E-state index contributed by atoms with van der Waals surface area (Å²) in [5.41, 5.74) is -1.88. The zero-order chi connectivity index (χ0) is 10.8. The van der Waals surface area contributed by atoms with E-state index < -0.39 is 10.4 Å². The molecule has 0 amide bonds. The fourth-order valence-corrected chi connectivity index (χ4v) is 2.17. The van der Waals surface area contributed by atoms with Gasteiger partial charge in [0.05, 0.1) is 0 Å². The molecule has 1 aliphatic rings. The summed E-state index contributed by atoms with van der Waals surface area (Å²) in [5.74, 6) is 0. The van der Waals surface area contributed by atoms with Gasteiger partial charge in [-0.25, -0.2) is 0 Å². The molecule has 0 aliphatic carbocycles. The highest BCUT2D eigenvalue weighted by molar-refractivity contribution is 9.10. The molecule has 1 fully saturated rings. The van der Waals surface area contributed by atoms with Gasteiger partial charge in [0.1, 0.15) is 5.60 Å². The van der Waals surface area contributed by atoms with Crippen LogP contribution in [-0.4, -0.2) is 40.1 Å². The quantitative estimate of drug-likeness (QED) is 0.779. The molecule has 0 aromatic heterocycles. The Morgan fingerprint density at radius 3 is 2.57 bits per heavy atom. The van der Waals surface area contributed by atoms with Crippen LogP contribution >= 0.6 is 15.9 Å². The van der Waals surface area contributed by atoms with Crippen LogP contribution in [0.5, 0.6) is 0 Å². The maximum absolute atomic E-state index is 13.1. The first kappa shape index (κ1) is 12.3. The van der Waals surface area contributed by atoms with E-state index in [0.29, 0.717) is 13.0 Å². The largest absolute Gasteiger partial charge is 0.383 e. The standard InChI is InChI=1S/C9H16BrF2NO/c1-2-13-6-3-4-8(14,5-7-13)9(10,11)12/h14H,2-7H2,1H3. The van der Waals surface area contributed by atoms with Gasteiger partial charge in [-0.3, -0.25) is 0 Å². The van der Waals surface area contributed by atoms with Crippen molar-refractivity contribution in [2.24, 2.45) is 0 Å². The number of alkyl halides is 3. The number of nitrogens with zero attached hydrogens (tertiary/aromatic N) is 1. The highest BCUT2D eigenvalue weighted by atomic mass is 79.9. The Hall–Kier alpha value is 0.260. The van der Waals surface area contributed by atoms with Gasteiger partial charge >= 0.3 is 4.83 Å². The first-order valence-corrected chi connectivity index (χ1v) is 5.70. The van der Waals surface area contributed by atoms with Gasteiger partial charge in [-0.05, 0) is 48.3 Å². The molecule has 0 aromatic rings. The van der Waals surface area contributed by atoms with Gasteiger partial charge in [0.15, 0.2) is 0 Å². The average molecular weight is 272 g/mol. The Balaban J connectivity index is 2.65. The van der Waals surface area contributed by atoms with E-state index in [0.717, 1.165) is 13.1 Å². The summed E-state index contributed by atoms with van der Waals surface area (Å²) in [6.07, 6.45) is 0.895. The lowest BCUT2D eigenvalue weighted by Crippen LogP contribution is -2.44. The lowest BCUT2D eigenvalue weighted by molar-refractivity contribution is -0.122. The molecule has 1 aliphatic heterocycles. The third kappa shape index (κ3) is 2.64. The molecule has 14 heavy (non-hydrogen) atoms. The van der Waals surface area contributed by atoms with E-state index in [1.165, 1.54) is 0 Å². The Bertz CT molecular complexity index is 198. The second kappa shape index (κ2) is 4.41. The molecule has 1 N–H and O–H groups in total. The monoisotopic (exact) mass is 271 g/mol. The summed E-state index contributed by atoms with van der Waals surface area (Å²) in [6.45, 7) is 4.18. The summed E-state index contributed by atoms with van der Waals surface area (Å²) in [6, 6.07) is 0. The Labute approximate surface area is 91.4 Å². The van der Waals surface area contributed by atoms with Crippen LogP contribution in [-0.2, 0) is 0 Å². The third-order valence-electron chi connectivity index (χ3n) is 2.88. The number of halogens is 3. The SMILES string of the molecule is CCN1CCCC(O)(C(F)(F)Br)CC1. The second-order valence-electron chi connectivity index (χ2n) is 3.82. The Morgan fingerprint density at radius 2 is 2.07 bits per heavy atom. The summed E-state index contributed by atoms with van der Waals surface area (Å²) in [5, 5.41) is 9.78. The summed E-state index contributed by atoms with van der Waals surface area (Å²) >= 11 is 2.27. The molecular formula is C9H16BrF2NO. The van der Waals surface area contributed by atoms with Crippen LogP contribution in [0.25, 0.3) is 0 Å². The number of likely N-dealkylation sites (tertiary alicyclic amines) is 1. The van der Waals surface area contributed by atoms with E-state index in [2.05, 4.69) is 20.8 Å². The van der Waals surface area contributed by atoms with E-state index in [4.69, 9.17) is 0 Å². The van der Waals surface area contributed by atoms with Crippen molar-refractivity contribution in [1.29, 1.82) is 0 Å². The molecule has 84 valence electrons. The van der Waals surface area contributed by atoms with Gasteiger partial charge in [-0.2, -0.15) is 8.78 Å². The van der Waals surface area contributed by atoms with Crippen molar-refractivity contribution in [3.05, 3.63) is 0 Å². The van der Waals surface area contributed by atoms with E-state index in [9.17, 15) is 13.9 Å². The van der Waals surface area contributed by atoms with Crippen LogP contribution in [0.2, 0.25) is 0 Å². The predicted molar refractivity (Wildman–Crippen MR) is 54.8 cm³/mol. The molecular weight excluding hydrogens is 256 g/mol. The Morgan fingerprint density at radius 1 is 1.43 bits per heavy atom. The summed E-state index contributed by atoms with van der Waals surface area (Å²) < 4.78 is 26.1. The maximum Gasteiger partial charge on any atom is 0.329 e. The molecule has 0 saturated carbocycles. The summed E-state index contributed by atoms with van der Waals surface area (Å²) in [7, 11) is 0. The molecule has 0 bridgehead atoms. The zero-order valence-electron chi connectivity index (χ0n) is 8.27. The highest BCUT2D eigenvalue weighted by Gasteiger charge is 2.50. The molecule has 1 unspecified atom stereocenters. The molecule has 5 heteroatoms. The van der Waals surface area contributed by atoms with Crippen molar-refractivity contribution in [3.8, 4) is 0 Å². The maximum atomic E-state index is 13.1. The fraction of sp³-hybridized carbons (Fsp3) is 1.00. The van der Waals surface area contributed by atoms with E-state index in [1.807, 2.05) is 6.92 Å². The van der Waals surface area contributed by atoms with Gasteiger partial charge in [-0.1, -0.05) is 6.92 Å². The second-order valence-corrected chi connectivity index (χ2v) is 4.81. The van der Waals surface area contributed by atoms with E-state index in [1.54, 1.807) is 0 Å². The van der Waals surface area contributed by atoms with Crippen LogP contribution in [0.15, 0.2) is 0 Å². The minimum atomic E-state index is -3.18. The molecule has 1 rings (SSSR count). The minimum Gasteiger partial charge on any atom is -0.383 e. The van der Waals surface area contributed by atoms with Crippen LogP contribution < -0.4 is 0 Å². The molecule has 0 spiro atoms.